The Bertz CT molecular complexity index is 912. The second-order valence-corrected chi connectivity index (χ2v) is 8.50. The summed E-state index contributed by atoms with van der Waals surface area (Å²) >= 11 is 7.93. The monoisotopic (exact) mass is 544 g/mol. The second-order valence-electron chi connectivity index (χ2n) is 5.81. The highest BCUT2D eigenvalue weighted by molar-refractivity contribution is 9.10. The number of carbonyl (C=O) groups excluding carboxylic acids is 2. The predicted octanol–water partition coefficient (Wildman–Crippen LogP) is 3.90. The third-order valence-electron chi connectivity index (χ3n) is 3.68. The Balaban J connectivity index is 2.27. The molecule has 2 rings (SSSR count). The van der Waals surface area contributed by atoms with Crippen LogP contribution in [0.15, 0.2) is 55.7 Å². The Labute approximate surface area is 188 Å². The van der Waals surface area contributed by atoms with Gasteiger partial charge in [0.05, 0.1) is 0 Å². The lowest BCUT2D eigenvalue weighted by molar-refractivity contribution is -0.141. The molecule has 1 aromatic carbocycles. The molecule has 154 valence electrons. The fraction of sp³-hybridized carbons (Fsp3) is 0.211. The standard InChI is InChI=1S/C19H18Br2N2O5S/c1-29-9-8-13(19(26)27)22-17(24)14(10-11-2-4-12(20)5-3-11)23-18(25)15-6-7-16(21)28-15/h2-7,10,13H,8-9H2,1H3,(H,22,24)(H,23,25)(H,26,27)/b14-10-/t13-/m0/s1. The summed E-state index contributed by atoms with van der Waals surface area (Å²) in [7, 11) is 0. The zero-order valence-corrected chi connectivity index (χ0v) is 19.3. The number of hydrogen-bond acceptors (Lipinski definition) is 5. The number of carbonyl (C=O) groups is 3. The lowest BCUT2D eigenvalue weighted by atomic mass is 10.1. The number of carboxylic acids is 1. The number of furan rings is 1. The van der Waals surface area contributed by atoms with E-state index < -0.39 is 23.8 Å². The van der Waals surface area contributed by atoms with E-state index in [9.17, 15) is 19.5 Å². The molecule has 0 saturated heterocycles. The first-order valence-electron chi connectivity index (χ1n) is 8.36. The number of halogens is 2. The van der Waals surface area contributed by atoms with Gasteiger partial charge in [-0.05, 0) is 70.3 Å². The molecule has 0 aliphatic rings. The van der Waals surface area contributed by atoms with Crippen molar-refractivity contribution >= 4 is 67.5 Å². The SMILES string of the molecule is CSCC[C@H](NC(=O)/C(=C/c1ccc(Br)cc1)NC(=O)c1ccc(Br)o1)C(=O)O. The summed E-state index contributed by atoms with van der Waals surface area (Å²) in [6, 6.07) is 8.99. The van der Waals surface area contributed by atoms with Crippen molar-refractivity contribution in [1.82, 2.24) is 10.6 Å². The molecule has 10 heteroatoms. The topological polar surface area (TPSA) is 109 Å². The summed E-state index contributed by atoms with van der Waals surface area (Å²) < 4.78 is 6.43. The summed E-state index contributed by atoms with van der Waals surface area (Å²) in [5.74, 6) is -1.92. The van der Waals surface area contributed by atoms with E-state index in [1.807, 2.05) is 6.26 Å². The highest BCUT2D eigenvalue weighted by Crippen LogP contribution is 2.16. The number of benzene rings is 1. The molecule has 1 atom stereocenters. The van der Waals surface area contributed by atoms with Crippen LogP contribution in [0.4, 0.5) is 0 Å². The third kappa shape index (κ3) is 7.37. The van der Waals surface area contributed by atoms with E-state index in [2.05, 4.69) is 42.5 Å². The molecule has 0 unspecified atom stereocenters. The summed E-state index contributed by atoms with van der Waals surface area (Å²) in [5.41, 5.74) is 0.551. The zero-order chi connectivity index (χ0) is 21.4. The van der Waals surface area contributed by atoms with Crippen LogP contribution in [-0.4, -0.2) is 40.9 Å². The van der Waals surface area contributed by atoms with Gasteiger partial charge in [-0.1, -0.05) is 28.1 Å². The molecule has 0 radical (unpaired) electrons. The average Bonchev–Trinajstić information content (AvgIpc) is 3.12. The minimum atomic E-state index is -1.14. The quantitative estimate of drug-likeness (QED) is 0.412. The van der Waals surface area contributed by atoms with Crippen LogP contribution in [-0.2, 0) is 9.59 Å². The molecular weight excluding hydrogens is 528 g/mol. The van der Waals surface area contributed by atoms with Crippen LogP contribution in [0.5, 0.6) is 0 Å². The molecule has 2 amide bonds. The summed E-state index contributed by atoms with van der Waals surface area (Å²) in [6.45, 7) is 0. The minimum Gasteiger partial charge on any atom is -0.480 e. The summed E-state index contributed by atoms with van der Waals surface area (Å²) in [5, 5.41) is 14.3. The fourth-order valence-corrected chi connectivity index (χ4v) is 3.28. The average molecular weight is 546 g/mol. The normalized spacial score (nSPS) is 12.3. The number of amides is 2. The molecule has 2 aromatic rings. The van der Waals surface area contributed by atoms with Gasteiger partial charge in [0.25, 0.3) is 11.8 Å². The van der Waals surface area contributed by atoms with Crippen LogP contribution < -0.4 is 10.6 Å². The molecule has 3 N–H and O–H groups in total. The van der Waals surface area contributed by atoms with E-state index in [-0.39, 0.29) is 17.9 Å². The van der Waals surface area contributed by atoms with E-state index in [1.54, 1.807) is 30.3 Å². The van der Waals surface area contributed by atoms with Crippen LogP contribution in [0.1, 0.15) is 22.5 Å². The maximum Gasteiger partial charge on any atom is 0.326 e. The van der Waals surface area contributed by atoms with Gasteiger partial charge in [-0.15, -0.1) is 0 Å². The number of aliphatic carboxylic acids is 1. The van der Waals surface area contributed by atoms with Gasteiger partial charge in [0.2, 0.25) is 0 Å². The van der Waals surface area contributed by atoms with Gasteiger partial charge in [-0.2, -0.15) is 11.8 Å². The van der Waals surface area contributed by atoms with Crippen molar-refractivity contribution in [3.05, 3.63) is 62.6 Å². The molecular formula is C19H18Br2N2O5S. The number of nitrogens with one attached hydrogen (secondary N) is 2. The van der Waals surface area contributed by atoms with Gasteiger partial charge in [-0.25, -0.2) is 4.79 Å². The lowest BCUT2D eigenvalue weighted by Crippen LogP contribution is -2.44. The number of rotatable bonds is 9. The van der Waals surface area contributed by atoms with Crippen molar-refractivity contribution in [3.63, 3.8) is 0 Å². The molecule has 0 saturated carbocycles. The highest BCUT2D eigenvalue weighted by Gasteiger charge is 2.23. The predicted molar refractivity (Wildman–Crippen MR) is 119 cm³/mol. The van der Waals surface area contributed by atoms with Crippen molar-refractivity contribution in [2.24, 2.45) is 0 Å². The molecule has 0 aliphatic carbocycles. The molecule has 1 aromatic heterocycles. The van der Waals surface area contributed by atoms with Gasteiger partial charge in [0, 0.05) is 4.47 Å². The van der Waals surface area contributed by atoms with Crippen molar-refractivity contribution in [2.45, 2.75) is 12.5 Å². The maximum atomic E-state index is 12.8. The number of hydrogen-bond donors (Lipinski definition) is 3. The Morgan fingerprint density at radius 3 is 2.41 bits per heavy atom. The van der Waals surface area contributed by atoms with Crippen LogP contribution in [0.2, 0.25) is 0 Å². The largest absolute Gasteiger partial charge is 0.480 e. The summed E-state index contributed by atoms with van der Waals surface area (Å²) in [6.07, 6.45) is 3.57. The first kappa shape index (κ1) is 23.2. The van der Waals surface area contributed by atoms with Gasteiger partial charge < -0.3 is 20.2 Å². The molecule has 0 aliphatic heterocycles. The van der Waals surface area contributed by atoms with Gasteiger partial charge in [-0.3, -0.25) is 9.59 Å². The van der Waals surface area contributed by atoms with E-state index in [1.165, 1.54) is 23.9 Å². The number of thioether (sulfide) groups is 1. The van der Waals surface area contributed by atoms with Gasteiger partial charge >= 0.3 is 5.97 Å². The fourth-order valence-electron chi connectivity index (χ4n) is 2.23. The lowest BCUT2D eigenvalue weighted by Gasteiger charge is -2.16. The summed E-state index contributed by atoms with van der Waals surface area (Å²) in [4.78, 5) is 36.6. The van der Waals surface area contributed by atoms with E-state index >= 15 is 0 Å². The molecule has 29 heavy (non-hydrogen) atoms. The van der Waals surface area contributed by atoms with Gasteiger partial charge in [0.15, 0.2) is 10.4 Å². The van der Waals surface area contributed by atoms with E-state index in [4.69, 9.17) is 4.42 Å². The van der Waals surface area contributed by atoms with E-state index in [0.717, 1.165) is 4.47 Å². The van der Waals surface area contributed by atoms with Crippen molar-refractivity contribution < 1.29 is 23.9 Å². The Morgan fingerprint density at radius 2 is 1.86 bits per heavy atom. The Kier molecular flexibility index (Phi) is 8.99. The van der Waals surface area contributed by atoms with Crippen LogP contribution in [0.25, 0.3) is 6.08 Å². The van der Waals surface area contributed by atoms with E-state index in [0.29, 0.717) is 16.0 Å². The first-order valence-corrected chi connectivity index (χ1v) is 11.3. The Morgan fingerprint density at radius 1 is 1.17 bits per heavy atom. The van der Waals surface area contributed by atoms with Crippen molar-refractivity contribution in [3.8, 4) is 0 Å². The second kappa shape index (κ2) is 11.2. The number of carboxylic acid groups (broad SMARTS) is 1. The van der Waals surface area contributed by atoms with Gasteiger partial charge in [0.1, 0.15) is 11.7 Å². The third-order valence-corrected chi connectivity index (χ3v) is 5.28. The van der Waals surface area contributed by atoms with Crippen LogP contribution in [0, 0.1) is 0 Å². The molecule has 1 heterocycles. The Hall–Kier alpha value is -2.04. The molecule has 0 fully saturated rings. The first-order chi connectivity index (χ1) is 13.8. The zero-order valence-electron chi connectivity index (χ0n) is 15.3. The maximum absolute atomic E-state index is 12.8. The highest BCUT2D eigenvalue weighted by atomic mass is 79.9. The van der Waals surface area contributed by atoms with Crippen molar-refractivity contribution in [1.29, 1.82) is 0 Å². The van der Waals surface area contributed by atoms with Crippen LogP contribution in [0.3, 0.4) is 0 Å². The minimum absolute atomic E-state index is 0.00329. The van der Waals surface area contributed by atoms with Crippen LogP contribution >= 0.6 is 43.6 Å². The van der Waals surface area contributed by atoms with Crippen molar-refractivity contribution in [2.75, 3.05) is 12.0 Å². The molecule has 7 nitrogen and oxygen atoms in total. The smallest absolute Gasteiger partial charge is 0.326 e. The molecule has 0 bridgehead atoms. The molecule has 0 spiro atoms.